The Balaban J connectivity index is 3.02. The summed E-state index contributed by atoms with van der Waals surface area (Å²) in [6.07, 6.45) is -0.362. The Hall–Kier alpha value is -4.04. The second kappa shape index (κ2) is 17.5. The fourth-order valence-corrected chi connectivity index (χ4v) is 3.58. The molecule has 0 fully saturated rings. The van der Waals surface area contributed by atoms with Gasteiger partial charge in [0, 0.05) is 19.3 Å². The highest BCUT2D eigenvalue weighted by molar-refractivity contribution is 5.94. The number of rotatable bonds is 19. The number of nitrogens with two attached hydrogens (primary N) is 2. The van der Waals surface area contributed by atoms with E-state index < -0.39 is 66.2 Å². The molecule has 0 aliphatic rings. The van der Waals surface area contributed by atoms with Crippen LogP contribution in [0.15, 0.2) is 30.3 Å². The maximum atomic E-state index is 13.1. The van der Waals surface area contributed by atoms with Crippen LogP contribution in [0.25, 0.3) is 0 Å². The molecule has 3 amide bonds. The molecule has 0 aliphatic heterocycles. The minimum atomic E-state index is -1.42. The number of benzene rings is 1. The maximum absolute atomic E-state index is 13.1. The summed E-state index contributed by atoms with van der Waals surface area (Å²) in [7, 11) is 0. The van der Waals surface area contributed by atoms with Gasteiger partial charge in [-0.3, -0.25) is 24.0 Å². The van der Waals surface area contributed by atoms with Crippen molar-refractivity contribution in [3.8, 4) is 0 Å². The zero-order valence-corrected chi connectivity index (χ0v) is 21.5. The van der Waals surface area contributed by atoms with Crippen LogP contribution in [0, 0.1) is 0 Å². The van der Waals surface area contributed by atoms with Gasteiger partial charge in [-0.05, 0) is 44.2 Å². The van der Waals surface area contributed by atoms with Crippen LogP contribution < -0.4 is 27.4 Å². The number of nitrogens with one attached hydrogen (secondary N) is 3. The van der Waals surface area contributed by atoms with Crippen molar-refractivity contribution < 1.29 is 44.1 Å². The van der Waals surface area contributed by atoms with Crippen molar-refractivity contribution in [2.24, 2.45) is 11.5 Å². The summed E-state index contributed by atoms with van der Waals surface area (Å²) in [6, 6.07) is 3.38. The molecule has 14 nitrogen and oxygen atoms in total. The first-order valence-corrected chi connectivity index (χ1v) is 12.5. The van der Waals surface area contributed by atoms with Crippen LogP contribution in [0.5, 0.6) is 0 Å². The van der Waals surface area contributed by atoms with Gasteiger partial charge in [0.25, 0.3) is 0 Å². The molecule has 0 bridgehead atoms. The number of carbonyl (C=O) groups is 6. The molecule has 0 heterocycles. The number of amides is 3. The Labute approximate surface area is 225 Å². The van der Waals surface area contributed by atoms with Crippen molar-refractivity contribution in [3.05, 3.63) is 35.9 Å². The zero-order chi connectivity index (χ0) is 29.4. The Kier molecular flexibility index (Phi) is 14.8. The lowest BCUT2D eigenvalue weighted by atomic mass is 10.0. The SMILES string of the molecule is NCCCCC(NC(=O)C(N)CCC(=O)O)C(=O)NC(CCC(=O)O)C(=O)NC(Cc1ccccc1)C(=O)O. The van der Waals surface area contributed by atoms with Gasteiger partial charge in [0.2, 0.25) is 17.7 Å². The van der Waals surface area contributed by atoms with Gasteiger partial charge in [0.1, 0.15) is 18.1 Å². The van der Waals surface area contributed by atoms with Crippen molar-refractivity contribution in [2.75, 3.05) is 6.54 Å². The summed E-state index contributed by atoms with van der Waals surface area (Å²) in [6.45, 7) is 0.321. The van der Waals surface area contributed by atoms with E-state index in [2.05, 4.69) is 16.0 Å². The molecule has 39 heavy (non-hydrogen) atoms. The molecule has 0 saturated carbocycles. The van der Waals surface area contributed by atoms with E-state index in [1.54, 1.807) is 30.3 Å². The number of carboxylic acid groups (broad SMARTS) is 3. The van der Waals surface area contributed by atoms with Gasteiger partial charge in [-0.25, -0.2) is 4.79 Å². The topological polar surface area (TPSA) is 251 Å². The lowest BCUT2D eigenvalue weighted by molar-refractivity contribution is -0.143. The Morgan fingerprint density at radius 1 is 0.692 bits per heavy atom. The molecule has 14 heteroatoms. The molecular weight excluding hydrogens is 514 g/mol. The summed E-state index contributed by atoms with van der Waals surface area (Å²) in [5.41, 5.74) is 11.9. The maximum Gasteiger partial charge on any atom is 0.326 e. The van der Waals surface area contributed by atoms with Gasteiger partial charge in [-0.1, -0.05) is 30.3 Å². The summed E-state index contributed by atoms with van der Waals surface area (Å²) >= 11 is 0. The van der Waals surface area contributed by atoms with E-state index in [1.807, 2.05) is 0 Å². The van der Waals surface area contributed by atoms with E-state index in [4.69, 9.17) is 21.7 Å². The van der Waals surface area contributed by atoms with Gasteiger partial charge in [-0.15, -0.1) is 0 Å². The summed E-state index contributed by atoms with van der Waals surface area (Å²) in [5.74, 6) is -6.19. The second-order valence-corrected chi connectivity index (χ2v) is 8.97. The summed E-state index contributed by atoms with van der Waals surface area (Å²) < 4.78 is 0. The van der Waals surface area contributed by atoms with Gasteiger partial charge >= 0.3 is 17.9 Å². The number of hydrogen-bond donors (Lipinski definition) is 8. The van der Waals surface area contributed by atoms with Crippen molar-refractivity contribution in [1.29, 1.82) is 0 Å². The van der Waals surface area contributed by atoms with E-state index in [0.717, 1.165) is 0 Å². The molecule has 1 aromatic rings. The molecular formula is C25H37N5O9. The minimum Gasteiger partial charge on any atom is -0.481 e. The van der Waals surface area contributed by atoms with Crippen LogP contribution in [0.1, 0.15) is 50.5 Å². The van der Waals surface area contributed by atoms with Crippen LogP contribution in [0.3, 0.4) is 0 Å². The molecule has 0 spiro atoms. The number of hydrogen-bond acceptors (Lipinski definition) is 8. The normalized spacial score (nSPS) is 13.8. The molecule has 10 N–H and O–H groups in total. The van der Waals surface area contributed by atoms with E-state index >= 15 is 0 Å². The molecule has 0 aromatic heterocycles. The third-order valence-corrected chi connectivity index (χ3v) is 5.76. The lowest BCUT2D eigenvalue weighted by Crippen LogP contribution is -2.57. The molecule has 4 unspecified atom stereocenters. The predicted molar refractivity (Wildman–Crippen MR) is 138 cm³/mol. The Bertz CT molecular complexity index is 989. The van der Waals surface area contributed by atoms with Crippen LogP contribution in [-0.2, 0) is 35.2 Å². The highest BCUT2D eigenvalue weighted by Gasteiger charge is 2.30. The molecule has 0 radical (unpaired) electrons. The van der Waals surface area contributed by atoms with E-state index in [1.165, 1.54) is 0 Å². The Morgan fingerprint density at radius 3 is 1.74 bits per heavy atom. The van der Waals surface area contributed by atoms with Crippen LogP contribution in [0.4, 0.5) is 0 Å². The number of carbonyl (C=O) groups excluding carboxylic acids is 3. The number of carboxylic acids is 3. The fraction of sp³-hybridized carbons (Fsp3) is 0.520. The number of aliphatic carboxylic acids is 3. The highest BCUT2D eigenvalue weighted by atomic mass is 16.4. The van der Waals surface area contributed by atoms with Gasteiger partial charge in [-0.2, -0.15) is 0 Å². The van der Waals surface area contributed by atoms with Crippen molar-refractivity contribution in [3.63, 3.8) is 0 Å². The zero-order valence-electron chi connectivity index (χ0n) is 21.5. The standard InChI is InChI=1S/C25H37N5O9/c26-13-5-4-8-17(28-22(35)16(27)9-11-20(31)32)23(36)29-18(10-12-21(33)34)24(37)30-19(25(38)39)14-15-6-2-1-3-7-15/h1-3,6-7,16-19H,4-5,8-14,26-27H2,(H,28,35)(H,29,36)(H,30,37)(H,31,32)(H,33,34)(H,38,39). The third-order valence-electron chi connectivity index (χ3n) is 5.76. The first-order chi connectivity index (χ1) is 18.4. The highest BCUT2D eigenvalue weighted by Crippen LogP contribution is 2.08. The Morgan fingerprint density at radius 2 is 1.21 bits per heavy atom. The molecule has 4 atom stereocenters. The average Bonchev–Trinajstić information content (AvgIpc) is 2.88. The predicted octanol–water partition coefficient (Wildman–Crippen LogP) is -1.05. The lowest BCUT2D eigenvalue weighted by Gasteiger charge is -2.25. The van der Waals surface area contributed by atoms with Crippen molar-refractivity contribution in [2.45, 2.75) is 75.5 Å². The van der Waals surface area contributed by atoms with Gasteiger partial charge in [0.05, 0.1) is 6.04 Å². The summed E-state index contributed by atoms with van der Waals surface area (Å²) in [4.78, 5) is 72.3. The molecule has 0 saturated heterocycles. The van der Waals surface area contributed by atoms with E-state index in [0.29, 0.717) is 24.9 Å². The fourth-order valence-electron chi connectivity index (χ4n) is 3.58. The first kappa shape index (κ1) is 33.0. The van der Waals surface area contributed by atoms with Crippen LogP contribution >= 0.6 is 0 Å². The first-order valence-electron chi connectivity index (χ1n) is 12.5. The van der Waals surface area contributed by atoms with Crippen molar-refractivity contribution in [1.82, 2.24) is 16.0 Å². The largest absolute Gasteiger partial charge is 0.481 e. The minimum absolute atomic E-state index is 0.0481. The molecule has 0 aliphatic carbocycles. The van der Waals surface area contributed by atoms with Crippen LogP contribution in [0.2, 0.25) is 0 Å². The van der Waals surface area contributed by atoms with E-state index in [9.17, 15) is 33.9 Å². The second-order valence-electron chi connectivity index (χ2n) is 8.97. The summed E-state index contributed by atoms with van der Waals surface area (Å²) in [5, 5.41) is 34.7. The van der Waals surface area contributed by atoms with Gasteiger partial charge < -0.3 is 42.7 Å². The molecule has 216 valence electrons. The smallest absolute Gasteiger partial charge is 0.326 e. The van der Waals surface area contributed by atoms with Crippen LogP contribution in [-0.4, -0.2) is 81.7 Å². The quantitative estimate of drug-likeness (QED) is 0.0963. The van der Waals surface area contributed by atoms with Gasteiger partial charge in [0.15, 0.2) is 0 Å². The average molecular weight is 552 g/mol. The van der Waals surface area contributed by atoms with Crippen molar-refractivity contribution >= 4 is 35.6 Å². The monoisotopic (exact) mass is 551 g/mol. The molecule has 1 aromatic carbocycles. The number of unbranched alkanes of at least 4 members (excludes halogenated alkanes) is 1. The van der Waals surface area contributed by atoms with E-state index in [-0.39, 0.29) is 32.1 Å². The third kappa shape index (κ3) is 13.4. The molecule has 1 rings (SSSR count).